The molecule has 18 heavy (non-hydrogen) atoms. The molecule has 94 valence electrons. The minimum atomic E-state index is -0.200. The van der Waals surface area contributed by atoms with Gasteiger partial charge in [-0.15, -0.1) is 0 Å². The van der Waals surface area contributed by atoms with E-state index >= 15 is 0 Å². The molecule has 4 heteroatoms. The molecule has 1 fully saturated rings. The monoisotopic (exact) mass is 245 g/mol. The molecule has 0 atom stereocenters. The minimum Gasteiger partial charge on any atom is -0.310 e. The van der Waals surface area contributed by atoms with Crippen LogP contribution in [0.1, 0.15) is 24.0 Å². The SMILES string of the molecule is Fc1ccc(Cn2cc(CNC3CC3)cn2)cc1. The number of nitrogens with one attached hydrogen (secondary N) is 1. The van der Waals surface area contributed by atoms with E-state index in [-0.39, 0.29) is 5.82 Å². The second kappa shape index (κ2) is 4.90. The molecule has 1 saturated carbocycles. The maximum absolute atomic E-state index is 12.8. The van der Waals surface area contributed by atoms with Gasteiger partial charge in [0.05, 0.1) is 12.7 Å². The summed E-state index contributed by atoms with van der Waals surface area (Å²) in [5.41, 5.74) is 2.25. The number of hydrogen-bond donors (Lipinski definition) is 1. The third-order valence-electron chi connectivity index (χ3n) is 3.12. The van der Waals surface area contributed by atoms with E-state index < -0.39 is 0 Å². The second-order valence-corrected chi connectivity index (χ2v) is 4.83. The van der Waals surface area contributed by atoms with Crippen LogP contribution in [0.5, 0.6) is 0 Å². The summed E-state index contributed by atoms with van der Waals surface area (Å²) in [6, 6.07) is 7.26. The Labute approximate surface area is 106 Å². The van der Waals surface area contributed by atoms with Gasteiger partial charge in [-0.2, -0.15) is 5.10 Å². The van der Waals surface area contributed by atoms with Crippen LogP contribution in [0.3, 0.4) is 0 Å². The number of halogens is 1. The Hall–Kier alpha value is -1.68. The van der Waals surface area contributed by atoms with Crippen molar-refractivity contribution in [1.82, 2.24) is 15.1 Å². The van der Waals surface area contributed by atoms with Gasteiger partial charge in [-0.05, 0) is 30.5 Å². The Kier molecular flexibility index (Phi) is 3.11. The van der Waals surface area contributed by atoms with Crippen LogP contribution in [0.4, 0.5) is 4.39 Å². The number of benzene rings is 1. The molecular formula is C14H16FN3. The minimum absolute atomic E-state index is 0.200. The first-order valence-corrected chi connectivity index (χ1v) is 6.29. The van der Waals surface area contributed by atoms with Crippen LogP contribution in [-0.4, -0.2) is 15.8 Å². The molecule has 0 bridgehead atoms. The number of nitrogens with zero attached hydrogens (tertiary/aromatic N) is 2. The van der Waals surface area contributed by atoms with E-state index in [1.807, 2.05) is 17.1 Å². The molecule has 0 saturated heterocycles. The molecule has 2 aromatic rings. The highest BCUT2D eigenvalue weighted by atomic mass is 19.1. The van der Waals surface area contributed by atoms with Crippen LogP contribution in [-0.2, 0) is 13.1 Å². The van der Waals surface area contributed by atoms with Crippen LogP contribution >= 0.6 is 0 Å². The molecule has 1 heterocycles. The van der Waals surface area contributed by atoms with E-state index in [9.17, 15) is 4.39 Å². The normalized spacial score (nSPS) is 14.9. The molecule has 3 rings (SSSR count). The largest absolute Gasteiger partial charge is 0.310 e. The summed E-state index contributed by atoms with van der Waals surface area (Å²) in [4.78, 5) is 0. The van der Waals surface area contributed by atoms with E-state index in [2.05, 4.69) is 10.4 Å². The fourth-order valence-corrected chi connectivity index (χ4v) is 1.91. The predicted molar refractivity (Wildman–Crippen MR) is 67.6 cm³/mol. The molecule has 1 aliphatic carbocycles. The molecule has 0 radical (unpaired) electrons. The summed E-state index contributed by atoms with van der Waals surface area (Å²) in [6.07, 6.45) is 6.52. The third kappa shape index (κ3) is 2.96. The van der Waals surface area contributed by atoms with Crippen molar-refractivity contribution in [2.24, 2.45) is 0 Å². The van der Waals surface area contributed by atoms with Crippen molar-refractivity contribution in [2.75, 3.05) is 0 Å². The van der Waals surface area contributed by atoms with E-state index in [1.54, 1.807) is 12.1 Å². The van der Waals surface area contributed by atoms with Crippen LogP contribution in [0.15, 0.2) is 36.7 Å². The van der Waals surface area contributed by atoms with Gasteiger partial charge >= 0.3 is 0 Å². The smallest absolute Gasteiger partial charge is 0.123 e. The lowest BCUT2D eigenvalue weighted by atomic mass is 10.2. The molecule has 1 aromatic heterocycles. The topological polar surface area (TPSA) is 29.9 Å². The van der Waals surface area contributed by atoms with Gasteiger partial charge in [0.15, 0.2) is 0 Å². The molecule has 0 spiro atoms. The van der Waals surface area contributed by atoms with Gasteiger partial charge in [0.1, 0.15) is 5.82 Å². The van der Waals surface area contributed by atoms with Crippen molar-refractivity contribution in [1.29, 1.82) is 0 Å². The summed E-state index contributed by atoms with van der Waals surface area (Å²) >= 11 is 0. The van der Waals surface area contributed by atoms with Crippen LogP contribution < -0.4 is 5.32 Å². The Morgan fingerprint density at radius 2 is 2.00 bits per heavy atom. The van der Waals surface area contributed by atoms with Gasteiger partial charge in [-0.3, -0.25) is 4.68 Å². The zero-order valence-electron chi connectivity index (χ0n) is 10.1. The highest BCUT2D eigenvalue weighted by Crippen LogP contribution is 2.19. The van der Waals surface area contributed by atoms with E-state index in [0.29, 0.717) is 12.6 Å². The first-order chi connectivity index (χ1) is 8.79. The summed E-state index contributed by atoms with van der Waals surface area (Å²) in [5, 5.41) is 7.77. The maximum atomic E-state index is 12.8. The summed E-state index contributed by atoms with van der Waals surface area (Å²) in [6.45, 7) is 1.57. The Balaban J connectivity index is 1.60. The van der Waals surface area contributed by atoms with Crippen LogP contribution in [0.2, 0.25) is 0 Å². The first-order valence-electron chi connectivity index (χ1n) is 6.29. The summed E-state index contributed by atoms with van der Waals surface area (Å²) in [7, 11) is 0. The van der Waals surface area contributed by atoms with Crippen molar-refractivity contribution in [3.63, 3.8) is 0 Å². The number of hydrogen-bond acceptors (Lipinski definition) is 2. The lowest BCUT2D eigenvalue weighted by molar-refractivity contribution is 0.624. The van der Waals surface area contributed by atoms with Crippen molar-refractivity contribution in [3.8, 4) is 0 Å². The van der Waals surface area contributed by atoms with E-state index in [0.717, 1.165) is 12.1 Å². The van der Waals surface area contributed by atoms with Gasteiger partial charge in [0.2, 0.25) is 0 Å². The predicted octanol–water partition coefficient (Wildman–Crippen LogP) is 2.32. The number of aromatic nitrogens is 2. The van der Waals surface area contributed by atoms with Crippen molar-refractivity contribution < 1.29 is 4.39 Å². The average Bonchev–Trinajstić information content (AvgIpc) is 3.10. The maximum Gasteiger partial charge on any atom is 0.123 e. The highest BCUT2D eigenvalue weighted by molar-refractivity contribution is 5.16. The zero-order chi connectivity index (χ0) is 12.4. The molecule has 3 nitrogen and oxygen atoms in total. The van der Waals surface area contributed by atoms with Crippen molar-refractivity contribution in [2.45, 2.75) is 32.0 Å². The summed E-state index contributed by atoms with van der Waals surface area (Å²) in [5.74, 6) is -0.200. The quantitative estimate of drug-likeness (QED) is 0.876. The highest BCUT2D eigenvalue weighted by Gasteiger charge is 2.20. The van der Waals surface area contributed by atoms with Crippen molar-refractivity contribution in [3.05, 3.63) is 53.6 Å². The molecular weight excluding hydrogens is 229 g/mol. The Morgan fingerprint density at radius 3 is 2.72 bits per heavy atom. The fraction of sp³-hybridized carbons (Fsp3) is 0.357. The van der Waals surface area contributed by atoms with Gasteiger partial charge in [-0.25, -0.2) is 4.39 Å². The molecule has 1 aliphatic rings. The zero-order valence-corrected chi connectivity index (χ0v) is 10.1. The Bertz CT molecular complexity index is 514. The summed E-state index contributed by atoms with van der Waals surface area (Å²) < 4.78 is 14.7. The third-order valence-corrected chi connectivity index (χ3v) is 3.12. The van der Waals surface area contributed by atoms with Gasteiger partial charge in [-0.1, -0.05) is 12.1 Å². The van der Waals surface area contributed by atoms with Gasteiger partial charge < -0.3 is 5.32 Å². The lowest BCUT2D eigenvalue weighted by Gasteiger charge is -2.01. The van der Waals surface area contributed by atoms with Crippen LogP contribution in [0, 0.1) is 5.82 Å². The molecule has 1 aromatic carbocycles. The number of rotatable bonds is 5. The van der Waals surface area contributed by atoms with Gasteiger partial charge in [0.25, 0.3) is 0 Å². The molecule has 0 unspecified atom stereocenters. The molecule has 0 aliphatic heterocycles. The van der Waals surface area contributed by atoms with Gasteiger partial charge in [0, 0.05) is 24.3 Å². The fourth-order valence-electron chi connectivity index (χ4n) is 1.91. The second-order valence-electron chi connectivity index (χ2n) is 4.83. The standard InChI is InChI=1S/C14H16FN3/c15-13-3-1-11(2-4-13)9-18-10-12(8-17-18)7-16-14-5-6-14/h1-4,8,10,14,16H,5-7,9H2. The van der Waals surface area contributed by atoms with Crippen molar-refractivity contribution >= 4 is 0 Å². The average molecular weight is 245 g/mol. The van der Waals surface area contributed by atoms with Crippen LogP contribution in [0.25, 0.3) is 0 Å². The van der Waals surface area contributed by atoms with E-state index in [4.69, 9.17) is 0 Å². The molecule has 0 amide bonds. The Morgan fingerprint density at radius 1 is 1.22 bits per heavy atom. The van der Waals surface area contributed by atoms with E-state index in [1.165, 1.54) is 30.5 Å². The first kappa shape index (κ1) is 11.4. The molecule has 1 N–H and O–H groups in total. The lowest BCUT2D eigenvalue weighted by Crippen LogP contribution is -2.14.